The maximum absolute atomic E-state index is 11.5. The molecule has 0 unspecified atom stereocenters. The molecule has 0 radical (unpaired) electrons. The quantitative estimate of drug-likeness (QED) is 0.462. The first kappa shape index (κ1) is 23.8. The van der Waals surface area contributed by atoms with Crippen molar-refractivity contribution in [2.75, 3.05) is 30.3 Å². The molecule has 0 amide bonds. The van der Waals surface area contributed by atoms with Crippen LogP contribution < -0.4 is 16.0 Å². The summed E-state index contributed by atoms with van der Waals surface area (Å²) in [6, 6.07) is 4.36. The van der Waals surface area contributed by atoms with Crippen LogP contribution in [-0.2, 0) is 11.8 Å². The Hall–Kier alpha value is -2.96. The van der Waals surface area contributed by atoms with E-state index in [0.29, 0.717) is 39.9 Å². The van der Waals surface area contributed by atoms with Gasteiger partial charge in [-0.2, -0.15) is 5.26 Å². The van der Waals surface area contributed by atoms with Gasteiger partial charge in [0.25, 0.3) is 0 Å². The van der Waals surface area contributed by atoms with Crippen molar-refractivity contribution >= 4 is 33.8 Å². The third kappa shape index (κ3) is 3.99. The normalized spacial score (nSPS) is 26.3. The zero-order valence-corrected chi connectivity index (χ0v) is 21.3. The predicted molar refractivity (Wildman–Crippen MR) is 140 cm³/mol. The van der Waals surface area contributed by atoms with Gasteiger partial charge in [0.1, 0.15) is 22.5 Å². The second kappa shape index (κ2) is 9.25. The molecule has 2 atom stereocenters. The van der Waals surface area contributed by atoms with Gasteiger partial charge in [0, 0.05) is 46.4 Å². The van der Waals surface area contributed by atoms with Crippen LogP contribution in [0.3, 0.4) is 0 Å². The third-order valence-electron chi connectivity index (χ3n) is 7.77. The highest BCUT2D eigenvalue weighted by Crippen LogP contribution is 2.52. The van der Waals surface area contributed by atoms with E-state index in [1.807, 2.05) is 6.92 Å². The number of nitrogens with two attached hydrogens (primary N) is 1. The standard InChI is InChI=1S/C26H33N7OS/c1-15-12-19(32-25(31-15)33-11-5-10-30-14-16(33)2)22(34)17-6-3-8-26(23(17)28)9-4-7-20-21(26)18(13-27)24(29)35-20/h12,16,28,30,34H,3-11,14,29H2,1-2H3/b22-17-,28-23?/t16-,26-/m0/s1. The van der Waals surface area contributed by atoms with Crippen LogP contribution in [0.5, 0.6) is 0 Å². The first-order valence-electron chi connectivity index (χ1n) is 12.5. The number of thiophene rings is 1. The molecular weight excluding hydrogens is 458 g/mol. The van der Waals surface area contributed by atoms with Crippen molar-refractivity contribution in [2.24, 2.45) is 0 Å². The van der Waals surface area contributed by atoms with E-state index in [4.69, 9.17) is 10.7 Å². The van der Waals surface area contributed by atoms with Crippen molar-refractivity contribution in [3.05, 3.63) is 39.0 Å². The van der Waals surface area contributed by atoms with Crippen molar-refractivity contribution in [3.63, 3.8) is 0 Å². The molecule has 1 aliphatic heterocycles. The Morgan fingerprint density at radius 1 is 1.31 bits per heavy atom. The fourth-order valence-electron chi connectivity index (χ4n) is 6.08. The molecule has 2 aromatic rings. The van der Waals surface area contributed by atoms with Crippen LogP contribution in [0.4, 0.5) is 10.9 Å². The Morgan fingerprint density at radius 3 is 2.86 bits per heavy atom. The van der Waals surface area contributed by atoms with Crippen molar-refractivity contribution in [2.45, 2.75) is 70.3 Å². The number of nitrogens with zero attached hydrogens (tertiary/aromatic N) is 4. The number of nitrogen functional groups attached to an aromatic ring is 1. The Bertz CT molecular complexity index is 1240. The van der Waals surface area contributed by atoms with Crippen LogP contribution in [-0.4, -0.2) is 46.5 Å². The monoisotopic (exact) mass is 491 g/mol. The van der Waals surface area contributed by atoms with Crippen LogP contribution in [0.2, 0.25) is 0 Å². The summed E-state index contributed by atoms with van der Waals surface area (Å²) in [5, 5.41) is 34.7. The molecule has 1 saturated heterocycles. The number of aryl methyl sites for hydroxylation is 2. The van der Waals surface area contributed by atoms with Gasteiger partial charge in [-0.15, -0.1) is 11.3 Å². The van der Waals surface area contributed by atoms with Crippen molar-refractivity contribution in [1.82, 2.24) is 15.3 Å². The fraction of sp³-hybridized carbons (Fsp3) is 0.538. The summed E-state index contributed by atoms with van der Waals surface area (Å²) in [6.07, 6.45) is 5.90. The number of rotatable bonds is 2. The van der Waals surface area contributed by atoms with Crippen LogP contribution in [0.15, 0.2) is 11.6 Å². The van der Waals surface area contributed by atoms with Crippen LogP contribution in [0.25, 0.3) is 5.76 Å². The van der Waals surface area contributed by atoms with Gasteiger partial charge < -0.3 is 26.5 Å². The minimum Gasteiger partial charge on any atom is -0.505 e. The Morgan fingerprint density at radius 2 is 2.09 bits per heavy atom. The van der Waals surface area contributed by atoms with Crippen LogP contribution in [0, 0.1) is 23.7 Å². The van der Waals surface area contributed by atoms with E-state index in [1.165, 1.54) is 11.3 Å². The molecule has 2 fully saturated rings. The number of hydrogen-bond acceptors (Lipinski definition) is 9. The second-order valence-electron chi connectivity index (χ2n) is 10.0. The lowest BCUT2D eigenvalue weighted by atomic mass is 9.60. The summed E-state index contributed by atoms with van der Waals surface area (Å²) in [5.74, 6) is 0.688. The molecule has 8 nitrogen and oxygen atoms in total. The maximum Gasteiger partial charge on any atom is 0.226 e. The lowest BCUT2D eigenvalue weighted by Crippen LogP contribution is -2.42. The van der Waals surface area contributed by atoms with Crippen LogP contribution >= 0.6 is 11.3 Å². The van der Waals surface area contributed by atoms with Gasteiger partial charge in [-0.05, 0) is 77.0 Å². The lowest BCUT2D eigenvalue weighted by molar-refractivity contribution is 0.409. The first-order chi connectivity index (χ1) is 16.9. The SMILES string of the molecule is Cc1cc(/C(O)=C2\CCC[C@@]3(CCCc4sc(N)c(C#N)c43)C2=N)nc(N2CCCNC[C@@H]2C)n1. The summed E-state index contributed by atoms with van der Waals surface area (Å²) in [5.41, 5.74) is 9.42. The maximum atomic E-state index is 11.5. The predicted octanol–water partition coefficient (Wildman–Crippen LogP) is 4.24. The van der Waals surface area contributed by atoms with Gasteiger partial charge in [-0.25, -0.2) is 9.97 Å². The van der Waals surface area contributed by atoms with Gasteiger partial charge >= 0.3 is 0 Å². The molecule has 5 rings (SSSR count). The molecule has 184 valence electrons. The highest BCUT2D eigenvalue weighted by Gasteiger charge is 2.47. The molecule has 2 aromatic heterocycles. The second-order valence-corrected chi connectivity index (χ2v) is 11.2. The highest BCUT2D eigenvalue weighted by atomic mass is 32.1. The van der Waals surface area contributed by atoms with E-state index in [9.17, 15) is 15.8 Å². The van der Waals surface area contributed by atoms with E-state index in [1.54, 1.807) is 6.07 Å². The number of nitriles is 1. The first-order valence-corrected chi connectivity index (χ1v) is 13.3. The molecule has 0 aromatic carbocycles. The summed E-state index contributed by atoms with van der Waals surface area (Å²) in [7, 11) is 0. The van der Waals surface area contributed by atoms with Crippen molar-refractivity contribution in [3.8, 4) is 6.07 Å². The Kier molecular flexibility index (Phi) is 6.28. The number of aliphatic hydroxyl groups excluding tert-OH is 1. The third-order valence-corrected chi connectivity index (χ3v) is 8.85. The molecule has 2 aliphatic carbocycles. The minimum absolute atomic E-state index is 0.0651. The molecule has 3 aliphatic rings. The average Bonchev–Trinajstić information content (AvgIpc) is 3.02. The molecule has 3 heterocycles. The molecule has 5 N–H and O–H groups in total. The zero-order valence-electron chi connectivity index (χ0n) is 20.4. The zero-order chi connectivity index (χ0) is 24.7. The van der Waals surface area contributed by atoms with Gasteiger partial charge in [-0.3, -0.25) is 0 Å². The number of nitrogens with one attached hydrogen (secondary N) is 2. The minimum atomic E-state index is -0.565. The molecular formula is C26H33N7OS. The summed E-state index contributed by atoms with van der Waals surface area (Å²) < 4.78 is 0. The molecule has 0 bridgehead atoms. The van der Waals surface area contributed by atoms with Gasteiger partial charge in [-0.1, -0.05) is 0 Å². The summed E-state index contributed by atoms with van der Waals surface area (Å²) in [6.45, 7) is 6.75. The topological polar surface area (TPSA) is 135 Å². The molecule has 1 saturated carbocycles. The smallest absolute Gasteiger partial charge is 0.226 e. The van der Waals surface area contributed by atoms with Gasteiger partial charge in [0.15, 0.2) is 0 Å². The van der Waals surface area contributed by atoms with Gasteiger partial charge in [0.05, 0.1) is 5.56 Å². The number of hydrogen-bond donors (Lipinski definition) is 4. The van der Waals surface area contributed by atoms with Crippen LogP contribution in [0.1, 0.15) is 72.8 Å². The van der Waals surface area contributed by atoms with E-state index in [0.717, 1.165) is 74.3 Å². The molecule has 1 spiro atoms. The number of aliphatic hydroxyl groups is 1. The van der Waals surface area contributed by atoms with Crippen molar-refractivity contribution in [1.29, 1.82) is 10.7 Å². The van der Waals surface area contributed by atoms with E-state index < -0.39 is 5.41 Å². The highest BCUT2D eigenvalue weighted by molar-refractivity contribution is 7.16. The molecule has 35 heavy (non-hydrogen) atoms. The summed E-state index contributed by atoms with van der Waals surface area (Å²) in [4.78, 5) is 12.8. The van der Waals surface area contributed by atoms with E-state index >= 15 is 0 Å². The molecule has 9 heteroatoms. The number of fused-ring (bicyclic) bond motifs is 2. The van der Waals surface area contributed by atoms with E-state index in [2.05, 4.69) is 28.2 Å². The Labute approximate surface area is 210 Å². The summed E-state index contributed by atoms with van der Waals surface area (Å²) >= 11 is 1.49. The Balaban J connectivity index is 1.57. The lowest BCUT2D eigenvalue weighted by Gasteiger charge is -2.42. The fourth-order valence-corrected chi connectivity index (χ4v) is 7.24. The van der Waals surface area contributed by atoms with Crippen molar-refractivity contribution < 1.29 is 5.11 Å². The largest absolute Gasteiger partial charge is 0.505 e. The number of anilines is 2. The van der Waals surface area contributed by atoms with E-state index in [-0.39, 0.29) is 11.8 Å². The average molecular weight is 492 g/mol. The number of aromatic nitrogens is 2. The number of allylic oxidation sites excluding steroid dienone is 1. The van der Waals surface area contributed by atoms with Gasteiger partial charge in [0.2, 0.25) is 5.95 Å².